The van der Waals surface area contributed by atoms with Gasteiger partial charge in [0, 0.05) is 16.9 Å². The molecule has 3 rings (SSSR count). The van der Waals surface area contributed by atoms with E-state index in [4.69, 9.17) is 5.11 Å². The maximum Gasteiger partial charge on any atom is 0.332 e. The Labute approximate surface area is 132 Å². The number of fused-ring (bicyclic) bond motifs is 1. The van der Waals surface area contributed by atoms with E-state index < -0.39 is 12.1 Å². The van der Waals surface area contributed by atoms with Crippen LogP contribution in [0.25, 0.3) is 17.2 Å². The number of aliphatic hydroxyl groups is 1. The molecule has 9 nitrogen and oxygen atoms in total. The normalized spacial score (nSPS) is 12.6. The van der Waals surface area contributed by atoms with Crippen LogP contribution < -0.4 is 0 Å². The number of hydrogen-bond acceptors (Lipinski definition) is 6. The number of imidazole rings is 1. The van der Waals surface area contributed by atoms with Crippen LogP contribution in [0, 0.1) is 0 Å². The van der Waals surface area contributed by atoms with Gasteiger partial charge in [-0.3, -0.25) is 0 Å². The van der Waals surface area contributed by atoms with E-state index >= 15 is 0 Å². The Bertz CT molecular complexity index is 816. The molecular formula is C12H11BrN6O3. The molecular weight excluding hydrogens is 356 g/mol. The number of aromatic amines is 1. The topological polar surface area (TPSA) is 129 Å². The van der Waals surface area contributed by atoms with Gasteiger partial charge >= 0.3 is 5.97 Å². The maximum atomic E-state index is 10.7. The molecule has 114 valence electrons. The van der Waals surface area contributed by atoms with Crippen molar-refractivity contribution in [3.63, 3.8) is 0 Å². The third-order valence-corrected chi connectivity index (χ3v) is 3.90. The number of nitrogens with zero attached hydrogens (tertiary/aromatic N) is 5. The SMILES string of the molecule is O=C(O)C(O)CCc1cn2cc(-c3nn[nH]n3)nc2cc1Br. The van der Waals surface area contributed by atoms with Gasteiger partial charge in [0.1, 0.15) is 11.3 Å². The van der Waals surface area contributed by atoms with Gasteiger partial charge in [-0.2, -0.15) is 5.21 Å². The standard InChI is InChI=1S/C12H11BrN6O3/c13-7-3-10-14-8(11-15-17-18-16-11)5-19(10)4-6(7)1-2-9(20)12(21)22/h3-5,9,20H,1-2H2,(H,21,22)(H,15,16,17,18). The van der Waals surface area contributed by atoms with Gasteiger partial charge in [-0.1, -0.05) is 15.9 Å². The fourth-order valence-electron chi connectivity index (χ4n) is 2.03. The fourth-order valence-corrected chi connectivity index (χ4v) is 2.54. The zero-order valence-corrected chi connectivity index (χ0v) is 12.7. The Balaban J connectivity index is 1.89. The highest BCUT2D eigenvalue weighted by atomic mass is 79.9. The first-order chi connectivity index (χ1) is 10.5. The minimum atomic E-state index is -1.37. The van der Waals surface area contributed by atoms with Gasteiger partial charge in [-0.25, -0.2) is 9.78 Å². The van der Waals surface area contributed by atoms with Crippen molar-refractivity contribution in [3.05, 3.63) is 28.5 Å². The Kier molecular flexibility index (Phi) is 3.86. The minimum absolute atomic E-state index is 0.131. The van der Waals surface area contributed by atoms with Crippen molar-refractivity contribution >= 4 is 27.5 Å². The molecule has 3 aromatic rings. The molecule has 22 heavy (non-hydrogen) atoms. The van der Waals surface area contributed by atoms with Gasteiger partial charge in [0.25, 0.3) is 0 Å². The number of carbonyl (C=O) groups is 1. The molecule has 0 spiro atoms. The average molecular weight is 367 g/mol. The van der Waals surface area contributed by atoms with Crippen LogP contribution >= 0.6 is 15.9 Å². The number of rotatable bonds is 5. The Morgan fingerprint density at radius 1 is 1.45 bits per heavy atom. The van der Waals surface area contributed by atoms with E-state index in [1.807, 2.05) is 12.3 Å². The van der Waals surface area contributed by atoms with E-state index in [0.717, 1.165) is 10.0 Å². The second-order valence-electron chi connectivity index (χ2n) is 4.67. The molecule has 3 aromatic heterocycles. The molecule has 10 heteroatoms. The number of hydrogen-bond donors (Lipinski definition) is 3. The number of aliphatic carboxylic acids is 1. The monoisotopic (exact) mass is 366 g/mol. The zero-order chi connectivity index (χ0) is 15.7. The summed E-state index contributed by atoms with van der Waals surface area (Å²) in [4.78, 5) is 15.0. The van der Waals surface area contributed by atoms with Crippen LogP contribution in [0.3, 0.4) is 0 Å². The van der Waals surface area contributed by atoms with Crippen molar-refractivity contribution in [1.29, 1.82) is 0 Å². The molecule has 0 bridgehead atoms. The Morgan fingerprint density at radius 3 is 2.95 bits per heavy atom. The van der Waals surface area contributed by atoms with Crippen molar-refractivity contribution in [2.75, 3.05) is 0 Å². The molecule has 0 amide bonds. The number of aliphatic hydroxyl groups excluding tert-OH is 1. The van der Waals surface area contributed by atoms with Crippen LogP contribution in [-0.4, -0.2) is 52.3 Å². The first-order valence-electron chi connectivity index (χ1n) is 6.36. The third kappa shape index (κ3) is 2.83. The predicted octanol–water partition coefficient (Wildman–Crippen LogP) is 0.655. The summed E-state index contributed by atoms with van der Waals surface area (Å²) in [5, 5.41) is 31.7. The van der Waals surface area contributed by atoms with Gasteiger partial charge in [0.15, 0.2) is 6.10 Å². The van der Waals surface area contributed by atoms with Crippen LogP contribution in [0.5, 0.6) is 0 Å². The summed E-state index contributed by atoms with van der Waals surface area (Å²) < 4.78 is 2.58. The van der Waals surface area contributed by atoms with Gasteiger partial charge in [-0.05, 0) is 29.7 Å². The highest BCUT2D eigenvalue weighted by Gasteiger charge is 2.15. The van der Waals surface area contributed by atoms with Crippen LogP contribution in [0.2, 0.25) is 0 Å². The molecule has 0 radical (unpaired) electrons. The number of carboxylic acids is 1. The van der Waals surface area contributed by atoms with Crippen molar-refractivity contribution < 1.29 is 15.0 Å². The summed E-state index contributed by atoms with van der Waals surface area (Å²) in [5.41, 5.74) is 2.13. The van der Waals surface area contributed by atoms with Gasteiger partial charge in [-0.15, -0.1) is 10.2 Å². The first-order valence-corrected chi connectivity index (χ1v) is 7.15. The summed E-state index contributed by atoms with van der Waals surface area (Å²) >= 11 is 3.43. The van der Waals surface area contributed by atoms with Crippen LogP contribution in [0.4, 0.5) is 0 Å². The second kappa shape index (κ2) is 5.81. The van der Waals surface area contributed by atoms with Crippen molar-refractivity contribution in [3.8, 4) is 11.5 Å². The molecule has 0 saturated carbocycles. The summed E-state index contributed by atoms with van der Waals surface area (Å²) in [6, 6.07) is 1.81. The number of aromatic nitrogens is 6. The first kappa shape index (κ1) is 14.6. The number of H-pyrrole nitrogens is 1. The molecule has 3 N–H and O–H groups in total. The van der Waals surface area contributed by atoms with E-state index in [9.17, 15) is 9.90 Å². The second-order valence-corrected chi connectivity index (χ2v) is 5.52. The quantitative estimate of drug-likeness (QED) is 0.604. The van der Waals surface area contributed by atoms with Crippen LogP contribution in [-0.2, 0) is 11.2 Å². The maximum absolute atomic E-state index is 10.7. The minimum Gasteiger partial charge on any atom is -0.479 e. The lowest BCUT2D eigenvalue weighted by Crippen LogP contribution is -2.20. The number of tetrazole rings is 1. The number of carboxylic acid groups (broad SMARTS) is 1. The predicted molar refractivity (Wildman–Crippen MR) is 78.0 cm³/mol. The Hall–Kier alpha value is -2.33. The van der Waals surface area contributed by atoms with Crippen molar-refractivity contribution in [2.45, 2.75) is 18.9 Å². The van der Waals surface area contributed by atoms with Crippen molar-refractivity contribution in [1.82, 2.24) is 30.0 Å². The highest BCUT2D eigenvalue weighted by molar-refractivity contribution is 9.10. The van der Waals surface area contributed by atoms with Crippen LogP contribution in [0.15, 0.2) is 22.9 Å². The highest BCUT2D eigenvalue weighted by Crippen LogP contribution is 2.23. The average Bonchev–Trinajstić information content (AvgIpc) is 3.12. The lowest BCUT2D eigenvalue weighted by atomic mass is 10.1. The molecule has 3 heterocycles. The molecule has 0 aromatic carbocycles. The number of pyridine rings is 1. The third-order valence-electron chi connectivity index (χ3n) is 3.17. The van der Waals surface area contributed by atoms with E-state index in [-0.39, 0.29) is 6.42 Å². The van der Waals surface area contributed by atoms with E-state index in [1.54, 1.807) is 10.6 Å². The summed E-state index contributed by atoms with van der Waals surface area (Å²) in [5.74, 6) is -0.832. The van der Waals surface area contributed by atoms with E-state index in [0.29, 0.717) is 23.6 Å². The summed E-state index contributed by atoms with van der Waals surface area (Å²) in [6.07, 6.45) is 2.75. The zero-order valence-electron chi connectivity index (χ0n) is 11.1. The largest absolute Gasteiger partial charge is 0.479 e. The molecule has 1 atom stereocenters. The van der Waals surface area contributed by atoms with E-state index in [2.05, 4.69) is 41.5 Å². The van der Waals surface area contributed by atoms with Crippen molar-refractivity contribution in [2.24, 2.45) is 0 Å². The van der Waals surface area contributed by atoms with E-state index in [1.165, 1.54) is 0 Å². The van der Waals surface area contributed by atoms with Gasteiger partial charge in [0.2, 0.25) is 5.82 Å². The molecule has 0 saturated heterocycles. The summed E-state index contributed by atoms with van der Waals surface area (Å²) in [6.45, 7) is 0. The Morgan fingerprint density at radius 2 is 2.27 bits per heavy atom. The lowest BCUT2D eigenvalue weighted by Gasteiger charge is -2.08. The van der Waals surface area contributed by atoms with Gasteiger partial charge in [0.05, 0.1) is 0 Å². The molecule has 1 unspecified atom stereocenters. The number of nitrogens with one attached hydrogen (secondary N) is 1. The lowest BCUT2D eigenvalue weighted by molar-refractivity contribution is -0.146. The fraction of sp³-hybridized carbons (Fsp3) is 0.250. The summed E-state index contributed by atoms with van der Waals surface area (Å²) in [7, 11) is 0. The molecule has 0 fully saturated rings. The number of aryl methyl sites for hydroxylation is 1. The molecule has 0 aliphatic carbocycles. The molecule has 0 aliphatic heterocycles. The number of halogens is 1. The van der Waals surface area contributed by atoms with Crippen LogP contribution in [0.1, 0.15) is 12.0 Å². The smallest absolute Gasteiger partial charge is 0.332 e. The molecule has 0 aliphatic rings. The van der Waals surface area contributed by atoms with Gasteiger partial charge < -0.3 is 14.6 Å².